The average molecular weight is 363 g/mol. The molecule has 0 radical (unpaired) electrons. The van der Waals surface area contributed by atoms with Gasteiger partial charge in [-0.2, -0.15) is 0 Å². The summed E-state index contributed by atoms with van der Waals surface area (Å²) in [6, 6.07) is 35.0. The highest BCUT2D eigenvalue weighted by Gasteiger charge is 2.12. The van der Waals surface area contributed by atoms with Crippen molar-refractivity contribution in [2.75, 3.05) is 0 Å². The van der Waals surface area contributed by atoms with Gasteiger partial charge in [-0.3, -0.25) is 0 Å². The minimum atomic E-state index is 1.08. The van der Waals surface area contributed by atoms with Crippen molar-refractivity contribution in [3.8, 4) is 33.4 Å². The molecule has 0 aromatic heterocycles. The van der Waals surface area contributed by atoms with E-state index in [0.717, 1.165) is 12.8 Å². The Balaban J connectivity index is 1.80. The third kappa shape index (κ3) is 3.64. The molecule has 28 heavy (non-hydrogen) atoms. The highest BCUT2D eigenvalue weighted by molar-refractivity contribution is 5.81. The number of rotatable bonds is 5. The van der Waals surface area contributed by atoms with E-state index in [9.17, 15) is 0 Å². The Labute approximate surface area is 168 Å². The van der Waals surface area contributed by atoms with Crippen LogP contribution in [-0.2, 0) is 6.42 Å². The molecule has 0 heteroatoms. The van der Waals surface area contributed by atoms with Crippen LogP contribution in [0.5, 0.6) is 0 Å². The third-order valence-corrected chi connectivity index (χ3v) is 5.41. The number of hydrogen-bond acceptors (Lipinski definition) is 0. The van der Waals surface area contributed by atoms with E-state index in [1.54, 1.807) is 0 Å². The minimum absolute atomic E-state index is 1.08. The molecule has 0 aliphatic carbocycles. The summed E-state index contributed by atoms with van der Waals surface area (Å²) >= 11 is 0. The van der Waals surface area contributed by atoms with Crippen molar-refractivity contribution in [3.63, 3.8) is 0 Å². The standard InChI is InChI=1S/C28H26/c1-3-10-27-26(15-9-16-28(27)25-14-8-7-11-21(25)2)24-19-17-23(18-20-24)22-12-5-4-6-13-22/h4-9,11-20H,3,10H2,1-2H3. The van der Waals surface area contributed by atoms with Crippen LogP contribution in [0.3, 0.4) is 0 Å². The van der Waals surface area contributed by atoms with Crippen LogP contribution in [0.2, 0.25) is 0 Å². The monoisotopic (exact) mass is 362 g/mol. The smallest absolute Gasteiger partial charge is 0.0143 e. The van der Waals surface area contributed by atoms with Gasteiger partial charge in [0.15, 0.2) is 0 Å². The Morgan fingerprint density at radius 2 is 1.07 bits per heavy atom. The first kappa shape index (κ1) is 18.3. The van der Waals surface area contributed by atoms with Crippen LogP contribution in [0, 0.1) is 6.92 Å². The zero-order valence-electron chi connectivity index (χ0n) is 16.7. The van der Waals surface area contributed by atoms with Crippen molar-refractivity contribution < 1.29 is 0 Å². The Bertz CT molecular complexity index is 1060. The predicted molar refractivity (Wildman–Crippen MR) is 121 cm³/mol. The van der Waals surface area contributed by atoms with E-state index >= 15 is 0 Å². The molecule has 0 amide bonds. The van der Waals surface area contributed by atoms with Gasteiger partial charge in [-0.25, -0.2) is 0 Å². The van der Waals surface area contributed by atoms with Crippen molar-refractivity contribution >= 4 is 0 Å². The molecule has 0 fully saturated rings. The van der Waals surface area contributed by atoms with Crippen molar-refractivity contribution in [1.82, 2.24) is 0 Å². The summed E-state index contributed by atoms with van der Waals surface area (Å²) in [5, 5.41) is 0. The summed E-state index contributed by atoms with van der Waals surface area (Å²) in [6.45, 7) is 4.46. The molecule has 0 aliphatic heterocycles. The van der Waals surface area contributed by atoms with E-state index in [1.807, 2.05) is 0 Å². The lowest BCUT2D eigenvalue weighted by Gasteiger charge is -2.17. The molecule has 0 bridgehead atoms. The molecule has 138 valence electrons. The zero-order chi connectivity index (χ0) is 19.3. The van der Waals surface area contributed by atoms with Crippen LogP contribution in [0.4, 0.5) is 0 Å². The quantitative estimate of drug-likeness (QED) is 0.338. The lowest BCUT2D eigenvalue weighted by atomic mass is 9.87. The van der Waals surface area contributed by atoms with Crippen molar-refractivity contribution in [1.29, 1.82) is 0 Å². The Hall–Kier alpha value is -3.12. The Morgan fingerprint density at radius 3 is 1.79 bits per heavy atom. The predicted octanol–water partition coefficient (Wildman–Crippen LogP) is 7.95. The largest absolute Gasteiger partial charge is 0.0651 e. The van der Waals surface area contributed by atoms with Gasteiger partial charge in [0.05, 0.1) is 0 Å². The first-order valence-corrected chi connectivity index (χ1v) is 10.1. The van der Waals surface area contributed by atoms with Crippen LogP contribution in [0.15, 0.2) is 97.1 Å². The summed E-state index contributed by atoms with van der Waals surface area (Å²) in [5.41, 5.74) is 10.6. The fourth-order valence-corrected chi connectivity index (χ4v) is 3.98. The molecule has 0 saturated carbocycles. The van der Waals surface area contributed by atoms with Crippen molar-refractivity contribution in [3.05, 3.63) is 108 Å². The summed E-state index contributed by atoms with van der Waals surface area (Å²) in [6.07, 6.45) is 2.22. The van der Waals surface area contributed by atoms with Crippen LogP contribution in [-0.4, -0.2) is 0 Å². The van der Waals surface area contributed by atoms with Gasteiger partial charge >= 0.3 is 0 Å². The topological polar surface area (TPSA) is 0 Å². The highest BCUT2D eigenvalue weighted by Crippen LogP contribution is 2.35. The second kappa shape index (κ2) is 8.27. The molecule has 0 unspecified atom stereocenters. The van der Waals surface area contributed by atoms with Crippen molar-refractivity contribution in [2.45, 2.75) is 26.7 Å². The molecule has 4 aromatic rings. The van der Waals surface area contributed by atoms with Gasteiger partial charge in [0.2, 0.25) is 0 Å². The molecule has 0 nitrogen and oxygen atoms in total. The van der Waals surface area contributed by atoms with Crippen LogP contribution < -0.4 is 0 Å². The first-order chi connectivity index (χ1) is 13.8. The summed E-state index contributed by atoms with van der Waals surface area (Å²) < 4.78 is 0. The van der Waals surface area contributed by atoms with Gasteiger partial charge in [0.1, 0.15) is 0 Å². The van der Waals surface area contributed by atoms with Gasteiger partial charge in [0, 0.05) is 0 Å². The normalized spacial score (nSPS) is 10.8. The fraction of sp³-hybridized carbons (Fsp3) is 0.143. The van der Waals surface area contributed by atoms with E-state index in [1.165, 1.54) is 44.5 Å². The molecule has 0 spiro atoms. The third-order valence-electron chi connectivity index (χ3n) is 5.41. The van der Waals surface area contributed by atoms with Crippen LogP contribution in [0.25, 0.3) is 33.4 Å². The maximum Gasteiger partial charge on any atom is -0.0143 e. The maximum atomic E-state index is 2.27. The second-order valence-electron chi connectivity index (χ2n) is 7.34. The minimum Gasteiger partial charge on any atom is -0.0651 e. The van der Waals surface area contributed by atoms with Gasteiger partial charge in [-0.1, -0.05) is 110 Å². The fourth-order valence-electron chi connectivity index (χ4n) is 3.98. The van der Waals surface area contributed by atoms with E-state index in [-0.39, 0.29) is 0 Å². The first-order valence-electron chi connectivity index (χ1n) is 10.1. The maximum absolute atomic E-state index is 2.27. The molecule has 0 heterocycles. The van der Waals surface area contributed by atoms with E-state index in [0.29, 0.717) is 0 Å². The number of hydrogen-bond donors (Lipinski definition) is 0. The number of benzene rings is 4. The van der Waals surface area contributed by atoms with Gasteiger partial charge in [0.25, 0.3) is 0 Å². The molecule has 4 aromatic carbocycles. The van der Waals surface area contributed by atoms with E-state index in [4.69, 9.17) is 0 Å². The molecule has 0 atom stereocenters. The summed E-state index contributed by atoms with van der Waals surface area (Å²) in [5.74, 6) is 0. The Kier molecular flexibility index (Phi) is 5.39. The average Bonchev–Trinajstić information content (AvgIpc) is 2.75. The molecule has 0 saturated heterocycles. The lowest BCUT2D eigenvalue weighted by molar-refractivity contribution is 0.925. The van der Waals surface area contributed by atoms with E-state index in [2.05, 4.69) is 111 Å². The second-order valence-corrected chi connectivity index (χ2v) is 7.34. The van der Waals surface area contributed by atoms with Gasteiger partial charge in [-0.05, 0) is 57.9 Å². The highest BCUT2D eigenvalue weighted by atomic mass is 14.2. The van der Waals surface area contributed by atoms with Crippen molar-refractivity contribution in [2.24, 2.45) is 0 Å². The molecular weight excluding hydrogens is 336 g/mol. The summed E-state index contributed by atoms with van der Waals surface area (Å²) in [7, 11) is 0. The molecule has 0 aliphatic rings. The molecule has 0 N–H and O–H groups in total. The molecular formula is C28H26. The lowest BCUT2D eigenvalue weighted by Crippen LogP contribution is -1.95. The van der Waals surface area contributed by atoms with Gasteiger partial charge < -0.3 is 0 Å². The number of aryl methyl sites for hydroxylation is 1. The Morgan fingerprint density at radius 1 is 0.500 bits per heavy atom. The molecule has 4 rings (SSSR count). The SMILES string of the molecule is CCCc1c(-c2ccc(-c3ccccc3)cc2)cccc1-c1ccccc1C. The van der Waals surface area contributed by atoms with Crippen LogP contribution >= 0.6 is 0 Å². The van der Waals surface area contributed by atoms with E-state index < -0.39 is 0 Å². The summed E-state index contributed by atoms with van der Waals surface area (Å²) in [4.78, 5) is 0. The van der Waals surface area contributed by atoms with Crippen LogP contribution in [0.1, 0.15) is 24.5 Å². The zero-order valence-corrected chi connectivity index (χ0v) is 16.7. The van der Waals surface area contributed by atoms with Gasteiger partial charge in [-0.15, -0.1) is 0 Å².